The number of amides is 1. The first-order valence-electron chi connectivity index (χ1n) is 10.5. The molecule has 1 aromatic rings. The minimum atomic E-state index is 0.286. The molecule has 3 nitrogen and oxygen atoms in total. The predicted molar refractivity (Wildman–Crippen MR) is 102 cm³/mol. The van der Waals surface area contributed by atoms with Crippen LogP contribution >= 0.6 is 0 Å². The van der Waals surface area contributed by atoms with E-state index >= 15 is 0 Å². The summed E-state index contributed by atoms with van der Waals surface area (Å²) >= 11 is 0. The van der Waals surface area contributed by atoms with Crippen molar-refractivity contribution < 1.29 is 4.79 Å². The molecule has 1 aliphatic heterocycles. The van der Waals surface area contributed by atoms with E-state index in [1.165, 1.54) is 30.5 Å². The smallest absolute Gasteiger partial charge is 0.243 e. The second-order valence-electron chi connectivity index (χ2n) is 9.61. The van der Waals surface area contributed by atoms with Gasteiger partial charge in [-0.25, -0.2) is 5.01 Å². The quantitative estimate of drug-likeness (QED) is 0.740. The van der Waals surface area contributed by atoms with Gasteiger partial charge in [0.15, 0.2) is 0 Å². The monoisotopic (exact) mass is 348 g/mol. The first-order chi connectivity index (χ1) is 12.6. The maximum Gasteiger partial charge on any atom is 0.243 e. The predicted octanol–water partition coefficient (Wildman–Crippen LogP) is 4.59. The van der Waals surface area contributed by atoms with Crippen LogP contribution in [0.1, 0.15) is 63.9 Å². The van der Waals surface area contributed by atoms with E-state index in [-0.39, 0.29) is 11.8 Å². The van der Waals surface area contributed by atoms with Crippen molar-refractivity contribution in [3.63, 3.8) is 0 Å². The largest absolute Gasteiger partial charge is 0.273 e. The van der Waals surface area contributed by atoms with E-state index in [0.717, 1.165) is 37.6 Å². The number of hydrogen-bond donors (Lipinski definition) is 0. The molecule has 136 valence electrons. The lowest BCUT2D eigenvalue weighted by atomic mass is 9.78. The van der Waals surface area contributed by atoms with Crippen LogP contribution in [0.4, 0.5) is 0 Å². The zero-order valence-corrected chi connectivity index (χ0v) is 15.9. The summed E-state index contributed by atoms with van der Waals surface area (Å²) in [5, 5.41) is 6.67. The Morgan fingerprint density at radius 3 is 2.77 bits per heavy atom. The fourth-order valence-corrected chi connectivity index (χ4v) is 7.93. The van der Waals surface area contributed by atoms with Gasteiger partial charge in [0.25, 0.3) is 0 Å². The molecule has 0 aromatic heterocycles. The molecule has 4 aliphatic carbocycles. The van der Waals surface area contributed by atoms with Crippen molar-refractivity contribution in [2.75, 3.05) is 6.54 Å². The third-order valence-electron chi connectivity index (χ3n) is 9.06. The first kappa shape index (κ1) is 15.4. The summed E-state index contributed by atoms with van der Waals surface area (Å²) in [6.45, 7) is 5.42. The summed E-state index contributed by atoms with van der Waals surface area (Å²) in [5.74, 6) is 2.47. The molecule has 0 N–H and O–H groups in total. The van der Waals surface area contributed by atoms with Gasteiger partial charge in [0.2, 0.25) is 5.91 Å². The average molecular weight is 348 g/mol. The van der Waals surface area contributed by atoms with Crippen LogP contribution in [-0.4, -0.2) is 23.2 Å². The minimum Gasteiger partial charge on any atom is -0.273 e. The molecule has 4 saturated carbocycles. The van der Waals surface area contributed by atoms with Gasteiger partial charge in [-0.3, -0.25) is 4.79 Å². The van der Waals surface area contributed by atoms with Gasteiger partial charge in [-0.05, 0) is 59.3 Å². The number of carbonyl (C=O) groups excluding carboxylic acids is 1. The van der Waals surface area contributed by atoms with Gasteiger partial charge in [0.1, 0.15) is 0 Å². The van der Waals surface area contributed by atoms with Gasteiger partial charge in [-0.2, -0.15) is 5.10 Å². The Kier molecular flexibility index (Phi) is 2.73. The van der Waals surface area contributed by atoms with Crippen LogP contribution in [0.2, 0.25) is 0 Å². The van der Waals surface area contributed by atoms with Crippen LogP contribution in [0, 0.1) is 28.1 Å². The Balaban J connectivity index is 1.20. The molecule has 0 saturated heterocycles. The lowest BCUT2D eigenvalue weighted by Crippen LogP contribution is -2.30. The number of hydrazone groups is 1. The van der Waals surface area contributed by atoms with Crippen molar-refractivity contribution in [1.82, 2.24) is 5.01 Å². The standard InChI is InChI=1S/C23H28N2O/c1-3-4-10-18-16(15-8-6-5-7-9-15)14-25(24-18)19(26)13-22-20-17-11-12-21(22,2)23(17,20)22/h5-9,16-17,20H,3-4,10-14H2,1-2H3/t16?,17?,20?,21?,22-,23+/m1/s1. The fraction of sp³-hybridized carbons (Fsp3) is 0.652. The summed E-state index contributed by atoms with van der Waals surface area (Å²) in [4.78, 5) is 13.1. The van der Waals surface area contributed by atoms with Crippen molar-refractivity contribution in [2.45, 2.75) is 58.3 Å². The van der Waals surface area contributed by atoms with Gasteiger partial charge >= 0.3 is 0 Å². The molecule has 4 unspecified atom stereocenters. The second kappa shape index (κ2) is 4.61. The molecular weight excluding hydrogens is 320 g/mol. The number of unbranched alkanes of at least 4 members (excludes halogenated alkanes) is 1. The molecule has 0 bridgehead atoms. The van der Waals surface area contributed by atoms with Crippen LogP contribution < -0.4 is 0 Å². The van der Waals surface area contributed by atoms with Gasteiger partial charge in [0, 0.05) is 18.1 Å². The Bertz CT molecular complexity index is 826. The Morgan fingerprint density at radius 2 is 2.12 bits per heavy atom. The molecule has 1 heterocycles. The van der Waals surface area contributed by atoms with E-state index in [9.17, 15) is 4.79 Å². The summed E-state index contributed by atoms with van der Waals surface area (Å²) in [6, 6.07) is 10.6. The lowest BCUT2D eigenvalue weighted by Gasteiger charge is -2.27. The summed E-state index contributed by atoms with van der Waals surface area (Å²) in [6.07, 6.45) is 6.88. The maximum absolute atomic E-state index is 13.1. The molecule has 4 fully saturated rings. The maximum atomic E-state index is 13.1. The number of carbonyl (C=O) groups is 1. The molecule has 26 heavy (non-hydrogen) atoms. The van der Waals surface area contributed by atoms with E-state index < -0.39 is 0 Å². The highest BCUT2D eigenvalue weighted by molar-refractivity contribution is 5.95. The molecular formula is C23H28N2O. The van der Waals surface area contributed by atoms with E-state index in [0.29, 0.717) is 16.2 Å². The summed E-state index contributed by atoms with van der Waals surface area (Å²) in [7, 11) is 0. The number of nitrogens with zero attached hydrogens (tertiary/aromatic N) is 2. The van der Waals surface area contributed by atoms with Gasteiger partial charge in [-0.1, -0.05) is 50.6 Å². The highest BCUT2D eigenvalue weighted by atomic mass is 16.2. The molecule has 5 aliphatic rings. The Morgan fingerprint density at radius 1 is 1.31 bits per heavy atom. The lowest BCUT2D eigenvalue weighted by molar-refractivity contribution is -0.132. The third kappa shape index (κ3) is 1.43. The minimum absolute atomic E-state index is 0.286. The number of benzene rings is 1. The van der Waals surface area contributed by atoms with Crippen molar-refractivity contribution in [1.29, 1.82) is 0 Å². The first-order valence-corrected chi connectivity index (χ1v) is 10.5. The third-order valence-corrected chi connectivity index (χ3v) is 9.06. The number of rotatable bonds is 6. The molecule has 1 spiro atoms. The summed E-state index contributed by atoms with van der Waals surface area (Å²) < 4.78 is 0. The second-order valence-corrected chi connectivity index (χ2v) is 9.61. The van der Waals surface area contributed by atoms with Crippen LogP contribution in [-0.2, 0) is 4.79 Å². The zero-order chi connectivity index (χ0) is 17.7. The van der Waals surface area contributed by atoms with E-state index in [1.54, 1.807) is 0 Å². The van der Waals surface area contributed by atoms with Crippen LogP contribution in [0.15, 0.2) is 35.4 Å². The molecule has 3 heteroatoms. The van der Waals surface area contributed by atoms with E-state index in [2.05, 4.69) is 44.2 Å². The van der Waals surface area contributed by atoms with E-state index in [1.807, 2.05) is 5.01 Å². The highest BCUT2D eigenvalue weighted by Gasteiger charge is 3.18. The Hall–Kier alpha value is -1.64. The van der Waals surface area contributed by atoms with Gasteiger partial charge < -0.3 is 0 Å². The molecule has 1 amide bonds. The molecule has 0 radical (unpaired) electrons. The molecule has 6 atom stereocenters. The summed E-state index contributed by atoms with van der Waals surface area (Å²) in [5.41, 5.74) is 4.06. The topological polar surface area (TPSA) is 32.7 Å². The average Bonchev–Trinajstić information content (AvgIpc) is 3.50. The van der Waals surface area contributed by atoms with Crippen molar-refractivity contribution >= 4 is 11.6 Å². The van der Waals surface area contributed by atoms with Crippen molar-refractivity contribution in [2.24, 2.45) is 33.2 Å². The molecule has 6 rings (SSSR count). The van der Waals surface area contributed by atoms with Crippen molar-refractivity contribution in [3.05, 3.63) is 35.9 Å². The zero-order valence-electron chi connectivity index (χ0n) is 15.9. The highest BCUT2D eigenvalue weighted by Crippen LogP contribution is 3.20. The van der Waals surface area contributed by atoms with Crippen LogP contribution in [0.25, 0.3) is 0 Å². The normalized spacial score (nSPS) is 45.8. The molecule has 1 aromatic carbocycles. The van der Waals surface area contributed by atoms with Crippen molar-refractivity contribution in [3.8, 4) is 0 Å². The van der Waals surface area contributed by atoms with Gasteiger partial charge in [0.05, 0.1) is 6.54 Å². The number of fused-ring (bicyclic) bond motifs is 3. The van der Waals surface area contributed by atoms with Gasteiger partial charge in [-0.15, -0.1) is 0 Å². The van der Waals surface area contributed by atoms with E-state index in [4.69, 9.17) is 5.10 Å². The fourth-order valence-electron chi connectivity index (χ4n) is 7.93. The number of hydrogen-bond acceptors (Lipinski definition) is 2. The van der Waals surface area contributed by atoms with Crippen LogP contribution in [0.3, 0.4) is 0 Å². The Labute approximate surface area is 155 Å². The SMILES string of the molecule is CCCCC1=NN(C(=O)C[C@@]23C4C5CCC2(C)[C@]543)CC1c1ccccc1. The van der Waals surface area contributed by atoms with Crippen LogP contribution in [0.5, 0.6) is 0 Å².